The highest BCUT2D eigenvalue weighted by molar-refractivity contribution is 9.10. The molecule has 0 aliphatic carbocycles. The van der Waals surface area contributed by atoms with Crippen molar-refractivity contribution in [2.45, 2.75) is 18.4 Å². The minimum absolute atomic E-state index is 0.0385. The second-order valence-electron chi connectivity index (χ2n) is 5.92. The van der Waals surface area contributed by atoms with E-state index in [0.717, 1.165) is 15.6 Å². The van der Waals surface area contributed by atoms with Crippen LogP contribution in [-0.2, 0) is 16.6 Å². The normalized spacial score (nSPS) is 11.7. The molecule has 0 saturated carbocycles. The van der Waals surface area contributed by atoms with Crippen LogP contribution in [0.4, 0.5) is 0 Å². The van der Waals surface area contributed by atoms with Gasteiger partial charge in [0.1, 0.15) is 0 Å². The summed E-state index contributed by atoms with van der Waals surface area (Å²) in [5.41, 5.74) is 1.89. The molecule has 1 heterocycles. The smallest absolute Gasteiger partial charge is 0.243 e. The Hall–Kier alpha value is -2.29. The van der Waals surface area contributed by atoms with Crippen LogP contribution in [0.5, 0.6) is 0 Å². The number of aromatic nitrogens is 2. The highest BCUT2D eigenvalue weighted by Gasteiger charge is 2.26. The van der Waals surface area contributed by atoms with Crippen LogP contribution >= 0.6 is 15.9 Å². The van der Waals surface area contributed by atoms with Crippen molar-refractivity contribution in [1.29, 1.82) is 0 Å². The molecule has 140 valence electrons. The molecule has 0 unspecified atom stereocenters. The average molecular weight is 448 g/mol. The Bertz CT molecular complexity index is 1050. The Morgan fingerprint density at radius 1 is 1.22 bits per heavy atom. The van der Waals surface area contributed by atoms with Gasteiger partial charge in [-0.05, 0) is 37.3 Å². The van der Waals surface area contributed by atoms with Crippen molar-refractivity contribution < 1.29 is 12.9 Å². The molecule has 1 aromatic heterocycles. The number of rotatable bonds is 7. The third-order valence-corrected chi connectivity index (χ3v) is 6.19. The van der Waals surface area contributed by atoms with Crippen molar-refractivity contribution in [2.24, 2.45) is 0 Å². The molecule has 3 rings (SSSR count). The van der Waals surface area contributed by atoms with E-state index in [2.05, 4.69) is 32.6 Å². The Kier molecular flexibility index (Phi) is 5.88. The molecule has 0 aliphatic heterocycles. The molecule has 27 heavy (non-hydrogen) atoms. The van der Waals surface area contributed by atoms with Gasteiger partial charge in [-0.25, -0.2) is 8.42 Å². The van der Waals surface area contributed by atoms with Crippen molar-refractivity contribution in [3.63, 3.8) is 0 Å². The van der Waals surface area contributed by atoms with Gasteiger partial charge in [0.2, 0.25) is 21.7 Å². The van der Waals surface area contributed by atoms with E-state index in [0.29, 0.717) is 5.82 Å². The number of hydrogen-bond donors (Lipinski definition) is 0. The summed E-state index contributed by atoms with van der Waals surface area (Å²) in [6.07, 6.45) is 1.52. The lowest BCUT2D eigenvalue weighted by molar-refractivity contribution is 0.327. The maximum atomic E-state index is 12.9. The molecule has 6 nitrogen and oxygen atoms in total. The van der Waals surface area contributed by atoms with E-state index in [-0.39, 0.29) is 23.9 Å². The molecule has 0 N–H and O–H groups in total. The first kappa shape index (κ1) is 19.5. The van der Waals surface area contributed by atoms with E-state index in [4.69, 9.17) is 4.52 Å². The zero-order chi connectivity index (χ0) is 19.4. The van der Waals surface area contributed by atoms with Crippen molar-refractivity contribution in [1.82, 2.24) is 14.4 Å². The molecule has 0 radical (unpaired) electrons. The summed E-state index contributed by atoms with van der Waals surface area (Å²) in [7, 11) is -3.73. The second-order valence-corrected chi connectivity index (χ2v) is 8.77. The molecule has 0 aliphatic rings. The zero-order valence-electron chi connectivity index (χ0n) is 14.7. The summed E-state index contributed by atoms with van der Waals surface area (Å²) in [5.74, 6) is 0.641. The van der Waals surface area contributed by atoms with Gasteiger partial charge >= 0.3 is 0 Å². The van der Waals surface area contributed by atoms with Crippen LogP contribution in [0.15, 0.2) is 75.1 Å². The van der Waals surface area contributed by atoms with E-state index < -0.39 is 10.0 Å². The first-order valence-electron chi connectivity index (χ1n) is 8.16. The largest absolute Gasteiger partial charge is 0.338 e. The van der Waals surface area contributed by atoms with Crippen LogP contribution in [0.25, 0.3) is 11.4 Å². The molecule has 0 bridgehead atoms. The number of hydrogen-bond acceptors (Lipinski definition) is 5. The number of aryl methyl sites for hydroxylation is 1. The topological polar surface area (TPSA) is 76.3 Å². The molecule has 3 aromatic rings. The fraction of sp³-hybridized carbons (Fsp3) is 0.158. The summed E-state index contributed by atoms with van der Waals surface area (Å²) < 4.78 is 33.2. The maximum absolute atomic E-state index is 12.9. The molecule has 8 heteroatoms. The zero-order valence-corrected chi connectivity index (χ0v) is 17.1. The van der Waals surface area contributed by atoms with Crippen LogP contribution in [-0.4, -0.2) is 29.4 Å². The van der Waals surface area contributed by atoms with Gasteiger partial charge in [-0.2, -0.15) is 9.29 Å². The molecule has 0 atom stereocenters. The van der Waals surface area contributed by atoms with Crippen LogP contribution in [0, 0.1) is 6.92 Å². The monoisotopic (exact) mass is 447 g/mol. The van der Waals surface area contributed by atoms with E-state index in [1.165, 1.54) is 10.4 Å². The number of benzene rings is 2. The molecule has 0 amide bonds. The van der Waals surface area contributed by atoms with Gasteiger partial charge in [0, 0.05) is 16.6 Å². The quantitative estimate of drug-likeness (QED) is 0.507. The number of halogens is 1. The van der Waals surface area contributed by atoms with Gasteiger partial charge in [0.15, 0.2) is 0 Å². The van der Waals surface area contributed by atoms with Crippen molar-refractivity contribution >= 4 is 26.0 Å². The van der Waals surface area contributed by atoms with Gasteiger partial charge in [-0.15, -0.1) is 6.58 Å². The Morgan fingerprint density at radius 2 is 1.96 bits per heavy atom. The van der Waals surface area contributed by atoms with Gasteiger partial charge in [-0.1, -0.05) is 50.9 Å². The summed E-state index contributed by atoms with van der Waals surface area (Å²) in [6, 6.07) is 14.1. The standard InChI is InChI=1S/C19H18BrN3O3S/c1-3-11-23(27(24,25)17-9-7-16(20)8-10-17)13-18-21-19(22-26-18)15-6-4-5-14(2)12-15/h3-10,12H,1,11,13H2,2H3. The van der Waals surface area contributed by atoms with Crippen molar-refractivity contribution in [3.05, 3.63) is 77.1 Å². The first-order chi connectivity index (χ1) is 12.9. The molecule has 0 saturated heterocycles. The van der Waals surface area contributed by atoms with E-state index in [1.807, 2.05) is 31.2 Å². The molecule has 0 fully saturated rings. The minimum Gasteiger partial charge on any atom is -0.338 e. The molecular weight excluding hydrogens is 430 g/mol. The van der Waals surface area contributed by atoms with E-state index in [1.54, 1.807) is 24.3 Å². The fourth-order valence-electron chi connectivity index (χ4n) is 2.52. The Balaban J connectivity index is 1.87. The van der Waals surface area contributed by atoms with Gasteiger partial charge in [0.25, 0.3) is 0 Å². The average Bonchev–Trinajstić information content (AvgIpc) is 3.10. The summed E-state index contributed by atoms with van der Waals surface area (Å²) in [4.78, 5) is 4.53. The van der Waals surface area contributed by atoms with Gasteiger partial charge in [0.05, 0.1) is 11.4 Å². The summed E-state index contributed by atoms with van der Waals surface area (Å²) in [5, 5.41) is 3.97. The fourth-order valence-corrected chi connectivity index (χ4v) is 4.14. The van der Waals surface area contributed by atoms with Gasteiger partial charge < -0.3 is 4.52 Å². The van der Waals surface area contributed by atoms with Gasteiger partial charge in [-0.3, -0.25) is 0 Å². The molecule has 2 aromatic carbocycles. The number of nitrogens with zero attached hydrogens (tertiary/aromatic N) is 3. The number of sulfonamides is 1. The van der Waals surface area contributed by atoms with Crippen molar-refractivity contribution in [3.8, 4) is 11.4 Å². The minimum atomic E-state index is -3.73. The maximum Gasteiger partial charge on any atom is 0.243 e. The SMILES string of the molecule is C=CCN(Cc1nc(-c2cccc(C)c2)no1)S(=O)(=O)c1ccc(Br)cc1. The predicted octanol–water partition coefficient (Wildman–Crippen LogP) is 4.18. The lowest BCUT2D eigenvalue weighted by Crippen LogP contribution is -2.31. The third kappa shape index (κ3) is 4.52. The Labute approximate surface area is 166 Å². The highest BCUT2D eigenvalue weighted by atomic mass is 79.9. The lowest BCUT2D eigenvalue weighted by Gasteiger charge is -2.18. The second kappa shape index (κ2) is 8.16. The molecular formula is C19H18BrN3O3S. The Morgan fingerprint density at radius 3 is 2.63 bits per heavy atom. The molecule has 0 spiro atoms. The lowest BCUT2D eigenvalue weighted by atomic mass is 10.1. The van der Waals surface area contributed by atoms with E-state index >= 15 is 0 Å². The first-order valence-corrected chi connectivity index (χ1v) is 10.4. The summed E-state index contributed by atoms with van der Waals surface area (Å²) >= 11 is 3.31. The third-order valence-electron chi connectivity index (χ3n) is 3.84. The predicted molar refractivity (Wildman–Crippen MR) is 106 cm³/mol. The van der Waals surface area contributed by atoms with Crippen LogP contribution in [0.2, 0.25) is 0 Å². The van der Waals surface area contributed by atoms with Crippen LogP contribution in [0.1, 0.15) is 11.5 Å². The van der Waals surface area contributed by atoms with Crippen LogP contribution < -0.4 is 0 Å². The van der Waals surface area contributed by atoms with E-state index in [9.17, 15) is 8.42 Å². The van der Waals surface area contributed by atoms with Crippen LogP contribution in [0.3, 0.4) is 0 Å². The highest BCUT2D eigenvalue weighted by Crippen LogP contribution is 2.22. The van der Waals surface area contributed by atoms with Crippen molar-refractivity contribution in [2.75, 3.05) is 6.54 Å². The summed E-state index contributed by atoms with van der Waals surface area (Å²) in [6.45, 7) is 5.71.